The fourth-order valence-electron chi connectivity index (χ4n) is 4.82. The number of urea groups is 1. The van der Waals surface area contributed by atoms with Crippen LogP contribution in [-0.4, -0.2) is 62.2 Å². The second kappa shape index (κ2) is 11.2. The smallest absolute Gasteiger partial charge is 0.322 e. The summed E-state index contributed by atoms with van der Waals surface area (Å²) in [5.74, 6) is -0.0256. The number of aryl methyl sites for hydroxylation is 1. The van der Waals surface area contributed by atoms with Crippen LogP contribution in [0.5, 0.6) is 0 Å². The van der Waals surface area contributed by atoms with E-state index in [0.717, 1.165) is 22.1 Å². The molecule has 5 rings (SSSR count). The number of anilines is 1. The van der Waals surface area contributed by atoms with Gasteiger partial charge in [-0.05, 0) is 38.0 Å². The van der Waals surface area contributed by atoms with E-state index in [-0.39, 0.29) is 23.9 Å². The summed E-state index contributed by atoms with van der Waals surface area (Å²) >= 11 is 7.55. The molecule has 1 N–H and O–H groups in total. The van der Waals surface area contributed by atoms with Crippen molar-refractivity contribution in [2.75, 3.05) is 25.0 Å². The van der Waals surface area contributed by atoms with Crippen molar-refractivity contribution in [1.29, 1.82) is 0 Å². The number of carbonyl (C=O) groups is 2. The molecule has 1 saturated heterocycles. The predicted octanol–water partition coefficient (Wildman–Crippen LogP) is 6.46. The maximum atomic E-state index is 13.7. The molecule has 2 aromatic heterocycles. The summed E-state index contributed by atoms with van der Waals surface area (Å²) in [5.41, 5.74) is 5.17. The van der Waals surface area contributed by atoms with Gasteiger partial charge in [0.1, 0.15) is 0 Å². The molecule has 1 unspecified atom stereocenters. The maximum Gasteiger partial charge on any atom is 0.322 e. The topological polar surface area (TPSA) is 83.4 Å². The number of thiazole rings is 1. The first-order valence-corrected chi connectivity index (χ1v) is 14.2. The number of nitrogens with one attached hydrogen (secondary N) is 1. The highest BCUT2D eigenvalue weighted by Gasteiger charge is 2.33. The quantitative estimate of drug-likeness (QED) is 0.302. The Kier molecular flexibility index (Phi) is 7.72. The van der Waals surface area contributed by atoms with Gasteiger partial charge in [-0.15, -0.1) is 11.3 Å². The predicted molar refractivity (Wildman–Crippen MR) is 156 cm³/mol. The van der Waals surface area contributed by atoms with Crippen LogP contribution in [0.25, 0.3) is 16.4 Å². The molecule has 0 bridgehead atoms. The van der Waals surface area contributed by atoms with Gasteiger partial charge in [-0.1, -0.05) is 61.3 Å². The van der Waals surface area contributed by atoms with Crippen molar-refractivity contribution >= 4 is 40.6 Å². The molecular formula is C29H31ClN6O2S. The van der Waals surface area contributed by atoms with Crippen LogP contribution in [0.4, 0.5) is 10.5 Å². The van der Waals surface area contributed by atoms with Crippen molar-refractivity contribution in [2.24, 2.45) is 0 Å². The SMILES string of the molecule is Cc1ccc(-c2csc(-n3ncc(C(=O)N4CCN(C(=O)Nc5cccc(Cl)c5)C(C)C4)c3C(C)C)n2)cc1. The number of nitrogens with zero attached hydrogens (tertiary/aromatic N) is 5. The summed E-state index contributed by atoms with van der Waals surface area (Å²) in [6.45, 7) is 9.41. The van der Waals surface area contributed by atoms with Gasteiger partial charge in [0, 0.05) is 47.3 Å². The fraction of sp³-hybridized carbons (Fsp3) is 0.310. The lowest BCUT2D eigenvalue weighted by Gasteiger charge is -2.39. The third-order valence-electron chi connectivity index (χ3n) is 6.86. The molecule has 0 radical (unpaired) electrons. The molecule has 0 saturated carbocycles. The average Bonchev–Trinajstić information content (AvgIpc) is 3.56. The molecule has 0 aliphatic carbocycles. The molecule has 3 heterocycles. The Bertz CT molecular complexity index is 1500. The minimum atomic E-state index is -0.208. The number of aromatic nitrogens is 3. The zero-order valence-corrected chi connectivity index (χ0v) is 24.0. The average molecular weight is 563 g/mol. The molecule has 4 aromatic rings. The number of hydrogen-bond donors (Lipinski definition) is 1. The van der Waals surface area contributed by atoms with E-state index in [0.29, 0.717) is 35.9 Å². The molecule has 1 aliphatic rings. The summed E-state index contributed by atoms with van der Waals surface area (Å²) in [5, 5.41) is 10.8. The van der Waals surface area contributed by atoms with Gasteiger partial charge in [0.15, 0.2) is 0 Å². The van der Waals surface area contributed by atoms with Crippen molar-refractivity contribution in [3.8, 4) is 16.4 Å². The number of amides is 3. The largest absolute Gasteiger partial charge is 0.335 e. The minimum absolute atomic E-state index is 0.0559. The van der Waals surface area contributed by atoms with Crippen molar-refractivity contribution in [1.82, 2.24) is 24.6 Å². The molecule has 39 heavy (non-hydrogen) atoms. The van der Waals surface area contributed by atoms with Crippen LogP contribution in [0.3, 0.4) is 0 Å². The van der Waals surface area contributed by atoms with Crippen LogP contribution in [0.15, 0.2) is 60.1 Å². The number of benzene rings is 2. The van der Waals surface area contributed by atoms with E-state index in [4.69, 9.17) is 16.6 Å². The zero-order valence-electron chi connectivity index (χ0n) is 22.4. The Morgan fingerprint density at radius 2 is 1.90 bits per heavy atom. The first kappa shape index (κ1) is 26.9. The van der Waals surface area contributed by atoms with E-state index < -0.39 is 0 Å². The summed E-state index contributed by atoms with van der Waals surface area (Å²) in [7, 11) is 0. The lowest BCUT2D eigenvalue weighted by atomic mass is 10.0. The standard InChI is InChI=1S/C29H31ClN6O2S/c1-18(2)26-24(15-31-36(26)29-33-25(17-39-29)21-10-8-19(3)9-11-21)27(37)34-12-13-35(20(4)16-34)28(38)32-23-7-5-6-22(30)14-23/h5-11,14-15,17-18,20H,12-13,16H2,1-4H3,(H,32,38). The molecule has 1 fully saturated rings. The van der Waals surface area contributed by atoms with Crippen LogP contribution in [0.1, 0.15) is 48.3 Å². The lowest BCUT2D eigenvalue weighted by molar-refractivity contribution is 0.0590. The first-order chi connectivity index (χ1) is 18.7. The van der Waals surface area contributed by atoms with E-state index in [9.17, 15) is 9.59 Å². The van der Waals surface area contributed by atoms with Crippen LogP contribution in [0.2, 0.25) is 5.02 Å². The molecule has 3 amide bonds. The molecular weight excluding hydrogens is 532 g/mol. The monoisotopic (exact) mass is 562 g/mol. The Hall–Kier alpha value is -3.69. The Labute approximate surface area is 237 Å². The third-order valence-corrected chi connectivity index (χ3v) is 7.91. The number of rotatable bonds is 5. The summed E-state index contributed by atoms with van der Waals surface area (Å²) < 4.78 is 1.79. The number of hydrogen-bond acceptors (Lipinski definition) is 5. The van der Waals surface area contributed by atoms with Crippen molar-refractivity contribution in [3.63, 3.8) is 0 Å². The summed E-state index contributed by atoms with van der Waals surface area (Å²) in [4.78, 5) is 35.0. The number of carbonyl (C=O) groups excluding carboxylic acids is 2. The van der Waals surface area contributed by atoms with Gasteiger partial charge >= 0.3 is 6.03 Å². The fourth-order valence-corrected chi connectivity index (χ4v) is 5.82. The Balaban J connectivity index is 1.31. The van der Waals surface area contributed by atoms with Crippen molar-refractivity contribution in [2.45, 2.75) is 39.7 Å². The molecule has 1 atom stereocenters. The number of halogens is 1. The van der Waals surface area contributed by atoms with Gasteiger partial charge in [0.05, 0.1) is 23.1 Å². The normalized spacial score (nSPS) is 15.6. The van der Waals surface area contributed by atoms with E-state index in [1.54, 1.807) is 44.9 Å². The molecule has 202 valence electrons. The second-order valence-electron chi connectivity index (χ2n) is 10.1. The minimum Gasteiger partial charge on any atom is -0.335 e. The van der Waals surface area contributed by atoms with Crippen molar-refractivity contribution in [3.05, 3.63) is 82.0 Å². The molecule has 10 heteroatoms. The van der Waals surface area contributed by atoms with Gasteiger partial charge in [-0.3, -0.25) is 4.79 Å². The Morgan fingerprint density at radius 3 is 2.59 bits per heavy atom. The molecule has 1 aliphatic heterocycles. The van der Waals surface area contributed by atoms with Gasteiger partial charge in [0.2, 0.25) is 5.13 Å². The summed E-state index contributed by atoms with van der Waals surface area (Å²) in [6.07, 6.45) is 1.65. The van der Waals surface area contributed by atoms with Gasteiger partial charge in [0.25, 0.3) is 5.91 Å². The van der Waals surface area contributed by atoms with E-state index in [1.807, 2.05) is 12.3 Å². The van der Waals surface area contributed by atoms with Gasteiger partial charge in [-0.25, -0.2) is 14.5 Å². The molecule has 8 nitrogen and oxygen atoms in total. The van der Waals surface area contributed by atoms with Crippen molar-refractivity contribution < 1.29 is 9.59 Å². The van der Waals surface area contributed by atoms with Crippen LogP contribution >= 0.6 is 22.9 Å². The van der Waals surface area contributed by atoms with E-state index in [2.05, 4.69) is 55.5 Å². The van der Waals surface area contributed by atoms with E-state index in [1.165, 1.54) is 16.9 Å². The van der Waals surface area contributed by atoms with E-state index >= 15 is 0 Å². The van der Waals surface area contributed by atoms with Crippen LogP contribution in [0, 0.1) is 6.92 Å². The third kappa shape index (κ3) is 5.69. The summed E-state index contributed by atoms with van der Waals surface area (Å²) in [6, 6.07) is 15.0. The number of piperazine rings is 1. The van der Waals surface area contributed by atoms with Gasteiger partial charge in [-0.2, -0.15) is 5.10 Å². The maximum absolute atomic E-state index is 13.7. The lowest BCUT2D eigenvalue weighted by Crippen LogP contribution is -2.56. The first-order valence-electron chi connectivity index (χ1n) is 12.9. The molecule has 2 aromatic carbocycles. The zero-order chi connectivity index (χ0) is 27.7. The molecule has 0 spiro atoms. The Morgan fingerprint density at radius 1 is 1.13 bits per heavy atom. The highest BCUT2D eigenvalue weighted by atomic mass is 35.5. The van der Waals surface area contributed by atoms with Crippen LogP contribution < -0.4 is 5.32 Å². The second-order valence-corrected chi connectivity index (χ2v) is 11.4. The van der Waals surface area contributed by atoms with Gasteiger partial charge < -0.3 is 15.1 Å². The highest BCUT2D eigenvalue weighted by molar-refractivity contribution is 7.12. The highest BCUT2D eigenvalue weighted by Crippen LogP contribution is 2.29. The van der Waals surface area contributed by atoms with Crippen LogP contribution in [-0.2, 0) is 0 Å².